The van der Waals surface area contributed by atoms with Crippen LogP contribution in [0.4, 0.5) is 0 Å². The predicted octanol–water partition coefficient (Wildman–Crippen LogP) is 2.71. The van der Waals surface area contributed by atoms with Crippen molar-refractivity contribution in [1.82, 2.24) is 4.98 Å². The van der Waals surface area contributed by atoms with Gasteiger partial charge in [-0.15, -0.1) is 0 Å². The molecule has 2 heterocycles. The molecular formula is C15H11NO3. The largest absolute Gasteiger partial charge is 0.454 e. The van der Waals surface area contributed by atoms with E-state index < -0.39 is 0 Å². The van der Waals surface area contributed by atoms with Gasteiger partial charge in [-0.25, -0.2) is 0 Å². The van der Waals surface area contributed by atoms with E-state index in [1.54, 1.807) is 30.5 Å². The summed E-state index contributed by atoms with van der Waals surface area (Å²) in [5, 5.41) is 0. The van der Waals surface area contributed by atoms with Gasteiger partial charge in [0.1, 0.15) is 5.69 Å². The van der Waals surface area contributed by atoms with E-state index in [0.29, 0.717) is 11.4 Å². The number of pyridine rings is 1. The molecule has 0 saturated heterocycles. The van der Waals surface area contributed by atoms with E-state index in [-0.39, 0.29) is 12.6 Å². The van der Waals surface area contributed by atoms with Gasteiger partial charge in [0.15, 0.2) is 11.5 Å². The summed E-state index contributed by atoms with van der Waals surface area (Å²) in [6.45, 7) is 0.245. The van der Waals surface area contributed by atoms with Gasteiger partial charge in [-0.1, -0.05) is 18.2 Å². The van der Waals surface area contributed by atoms with E-state index in [1.165, 1.54) is 6.08 Å². The average Bonchev–Trinajstić information content (AvgIpc) is 2.93. The first-order valence-corrected chi connectivity index (χ1v) is 5.86. The topological polar surface area (TPSA) is 48.4 Å². The molecule has 0 amide bonds. The average molecular weight is 253 g/mol. The quantitative estimate of drug-likeness (QED) is 0.623. The molecule has 0 fully saturated rings. The van der Waals surface area contributed by atoms with Gasteiger partial charge in [0.2, 0.25) is 12.6 Å². The lowest BCUT2D eigenvalue weighted by Crippen LogP contribution is -1.96. The second kappa shape index (κ2) is 4.94. The van der Waals surface area contributed by atoms with Crippen molar-refractivity contribution in [3.63, 3.8) is 0 Å². The number of nitrogens with zero attached hydrogens (tertiary/aromatic N) is 1. The summed E-state index contributed by atoms with van der Waals surface area (Å²) in [5.74, 6) is 1.30. The monoisotopic (exact) mass is 253 g/mol. The van der Waals surface area contributed by atoms with Gasteiger partial charge >= 0.3 is 0 Å². The molecular weight excluding hydrogens is 242 g/mol. The Morgan fingerprint density at radius 1 is 1.16 bits per heavy atom. The molecule has 0 aliphatic carbocycles. The van der Waals surface area contributed by atoms with Crippen LogP contribution in [0.25, 0.3) is 6.08 Å². The molecule has 19 heavy (non-hydrogen) atoms. The number of ether oxygens (including phenoxy) is 2. The van der Waals surface area contributed by atoms with Gasteiger partial charge < -0.3 is 9.47 Å². The van der Waals surface area contributed by atoms with E-state index >= 15 is 0 Å². The number of aromatic nitrogens is 1. The molecule has 1 aliphatic rings. The number of ketones is 1. The van der Waals surface area contributed by atoms with Gasteiger partial charge in [0.05, 0.1) is 0 Å². The van der Waals surface area contributed by atoms with E-state index in [9.17, 15) is 4.79 Å². The first-order valence-electron chi connectivity index (χ1n) is 5.86. The Kier molecular flexibility index (Phi) is 2.98. The SMILES string of the molecule is O=C(C=Cc1ccc2c(c1)OCO2)c1ccccn1. The second-order valence-electron chi connectivity index (χ2n) is 4.03. The fraction of sp³-hybridized carbons (Fsp3) is 0.0667. The lowest BCUT2D eigenvalue weighted by molar-refractivity contribution is 0.104. The predicted molar refractivity (Wildman–Crippen MR) is 70.2 cm³/mol. The molecule has 1 aromatic carbocycles. The standard InChI is InChI=1S/C15H11NO3/c17-13(12-3-1-2-8-16-12)6-4-11-5-7-14-15(9-11)19-10-18-14/h1-9H,10H2. The normalized spacial score (nSPS) is 12.8. The summed E-state index contributed by atoms with van der Waals surface area (Å²) in [5.41, 5.74) is 1.31. The number of allylic oxidation sites excluding steroid dienone is 1. The molecule has 0 atom stereocenters. The van der Waals surface area contributed by atoms with Gasteiger partial charge in [-0.2, -0.15) is 0 Å². The highest BCUT2D eigenvalue weighted by atomic mass is 16.7. The molecule has 0 N–H and O–H groups in total. The van der Waals surface area contributed by atoms with Crippen molar-refractivity contribution in [3.05, 3.63) is 59.9 Å². The molecule has 0 saturated carbocycles. The number of carbonyl (C=O) groups excluding carboxylic acids is 1. The fourth-order valence-corrected chi connectivity index (χ4v) is 1.78. The molecule has 2 aromatic rings. The van der Waals surface area contributed by atoms with Crippen LogP contribution >= 0.6 is 0 Å². The minimum atomic E-state index is -0.127. The van der Waals surface area contributed by atoms with Gasteiger partial charge in [0.25, 0.3) is 0 Å². The second-order valence-corrected chi connectivity index (χ2v) is 4.03. The zero-order valence-electron chi connectivity index (χ0n) is 10.1. The third-order valence-corrected chi connectivity index (χ3v) is 2.74. The Hall–Kier alpha value is -2.62. The Bertz CT molecular complexity index is 635. The highest BCUT2D eigenvalue weighted by Crippen LogP contribution is 2.32. The summed E-state index contributed by atoms with van der Waals surface area (Å²) in [6.07, 6.45) is 4.83. The van der Waals surface area contributed by atoms with Crippen LogP contribution in [0.15, 0.2) is 48.7 Å². The number of hydrogen-bond donors (Lipinski definition) is 0. The van der Waals surface area contributed by atoms with Crippen LogP contribution in [-0.2, 0) is 0 Å². The molecule has 94 valence electrons. The summed E-state index contributed by atoms with van der Waals surface area (Å²) >= 11 is 0. The molecule has 4 heteroatoms. The maximum absolute atomic E-state index is 11.8. The number of rotatable bonds is 3. The third kappa shape index (κ3) is 2.47. The van der Waals surface area contributed by atoms with Crippen LogP contribution in [0.2, 0.25) is 0 Å². The van der Waals surface area contributed by atoms with E-state index in [1.807, 2.05) is 18.2 Å². The molecule has 0 radical (unpaired) electrons. The van der Waals surface area contributed by atoms with Gasteiger partial charge in [-0.05, 0) is 35.9 Å². The Balaban J connectivity index is 1.78. The van der Waals surface area contributed by atoms with Crippen LogP contribution in [0.3, 0.4) is 0 Å². The molecule has 0 bridgehead atoms. The Morgan fingerprint density at radius 3 is 2.89 bits per heavy atom. The highest BCUT2D eigenvalue weighted by molar-refractivity contribution is 6.05. The summed E-state index contributed by atoms with van der Waals surface area (Å²) in [7, 11) is 0. The maximum Gasteiger partial charge on any atom is 0.231 e. The van der Waals surface area contributed by atoms with Crippen molar-refractivity contribution >= 4 is 11.9 Å². The first kappa shape index (κ1) is 11.5. The van der Waals surface area contributed by atoms with E-state index in [2.05, 4.69) is 4.98 Å². The van der Waals surface area contributed by atoms with Crippen molar-refractivity contribution in [1.29, 1.82) is 0 Å². The molecule has 4 nitrogen and oxygen atoms in total. The summed E-state index contributed by atoms with van der Waals surface area (Å²) < 4.78 is 10.5. The molecule has 3 rings (SSSR count). The molecule has 0 unspecified atom stereocenters. The third-order valence-electron chi connectivity index (χ3n) is 2.74. The van der Waals surface area contributed by atoms with Gasteiger partial charge in [-0.3, -0.25) is 9.78 Å². The zero-order chi connectivity index (χ0) is 13.1. The van der Waals surface area contributed by atoms with Crippen molar-refractivity contribution in [3.8, 4) is 11.5 Å². The van der Waals surface area contributed by atoms with E-state index in [0.717, 1.165) is 11.3 Å². The number of fused-ring (bicyclic) bond motifs is 1. The lowest BCUT2D eigenvalue weighted by atomic mass is 10.1. The van der Waals surface area contributed by atoms with Crippen LogP contribution in [0.5, 0.6) is 11.5 Å². The maximum atomic E-state index is 11.8. The van der Waals surface area contributed by atoms with Crippen LogP contribution in [-0.4, -0.2) is 17.6 Å². The minimum Gasteiger partial charge on any atom is -0.454 e. The highest BCUT2D eigenvalue weighted by Gasteiger charge is 2.12. The van der Waals surface area contributed by atoms with Crippen molar-refractivity contribution in [2.24, 2.45) is 0 Å². The first-order chi connectivity index (χ1) is 9.33. The van der Waals surface area contributed by atoms with Crippen molar-refractivity contribution < 1.29 is 14.3 Å². The van der Waals surface area contributed by atoms with Crippen molar-refractivity contribution in [2.45, 2.75) is 0 Å². The number of benzene rings is 1. The Labute approximate surface area is 110 Å². The smallest absolute Gasteiger partial charge is 0.231 e. The molecule has 1 aromatic heterocycles. The summed E-state index contributed by atoms with van der Waals surface area (Å²) in [6, 6.07) is 10.8. The Morgan fingerprint density at radius 2 is 2.05 bits per heavy atom. The van der Waals surface area contributed by atoms with E-state index in [4.69, 9.17) is 9.47 Å². The zero-order valence-corrected chi connectivity index (χ0v) is 10.1. The molecule has 1 aliphatic heterocycles. The minimum absolute atomic E-state index is 0.127. The van der Waals surface area contributed by atoms with Crippen LogP contribution in [0, 0.1) is 0 Å². The number of carbonyl (C=O) groups is 1. The number of hydrogen-bond acceptors (Lipinski definition) is 4. The fourth-order valence-electron chi connectivity index (χ4n) is 1.78. The van der Waals surface area contributed by atoms with Crippen LogP contribution < -0.4 is 9.47 Å². The van der Waals surface area contributed by atoms with Crippen molar-refractivity contribution in [2.75, 3.05) is 6.79 Å². The summed E-state index contributed by atoms with van der Waals surface area (Å²) in [4.78, 5) is 15.8. The van der Waals surface area contributed by atoms with Gasteiger partial charge in [0, 0.05) is 6.20 Å². The van der Waals surface area contributed by atoms with Crippen LogP contribution in [0.1, 0.15) is 16.1 Å². The lowest BCUT2D eigenvalue weighted by Gasteiger charge is -1.97. The molecule has 0 spiro atoms.